The minimum absolute atomic E-state index is 0.112. The van der Waals surface area contributed by atoms with Crippen LogP contribution >= 0.6 is 0 Å². The Morgan fingerprint density at radius 3 is 1.52 bits per heavy atom. The molecule has 242 valence electrons. The molecule has 2 saturated heterocycles. The number of anilines is 2. The largest absolute Gasteiger partial charge is 0.341 e. The molecule has 0 N–H and O–H groups in total. The zero-order chi connectivity index (χ0) is 31.5. The van der Waals surface area contributed by atoms with E-state index in [1.165, 1.54) is 0 Å². The molecule has 0 aliphatic carbocycles. The van der Waals surface area contributed by atoms with Gasteiger partial charge < -0.3 is 9.80 Å². The second-order valence-electron chi connectivity index (χ2n) is 15.3. The fraction of sp³-hybridized carbons (Fsp3) is 0.909. The normalized spacial score (nSPS) is 22.8. The van der Waals surface area contributed by atoms with Crippen molar-refractivity contribution in [3.63, 3.8) is 0 Å². The van der Waals surface area contributed by atoms with Crippen molar-refractivity contribution in [1.82, 2.24) is 25.1 Å². The van der Waals surface area contributed by atoms with E-state index in [1.807, 2.05) is 6.92 Å². The zero-order valence-electron chi connectivity index (χ0n) is 29.4. The van der Waals surface area contributed by atoms with Crippen LogP contribution in [0.3, 0.4) is 0 Å². The molecule has 0 amide bonds. The Balaban J connectivity index is 1.92. The SMILES string of the molecule is CCCCN(c1nc(C)nc(N(C)C2CC(C)(C)N(OCCC)C(C)(C)C2)n1)C1CC(C)(C)N(OCCC)C(C)(C)C1. The predicted octanol–water partition coefficient (Wildman–Crippen LogP) is 6.95. The van der Waals surface area contributed by atoms with Crippen molar-refractivity contribution in [3.8, 4) is 0 Å². The summed E-state index contributed by atoms with van der Waals surface area (Å²) in [6.07, 6.45) is 8.14. The van der Waals surface area contributed by atoms with Gasteiger partial charge in [0.15, 0.2) is 0 Å². The second kappa shape index (κ2) is 13.6. The van der Waals surface area contributed by atoms with E-state index in [0.717, 1.165) is 88.8 Å². The first kappa shape index (κ1) is 34.9. The summed E-state index contributed by atoms with van der Waals surface area (Å²) in [6.45, 7) is 29.4. The summed E-state index contributed by atoms with van der Waals surface area (Å²) in [5.74, 6) is 2.34. The van der Waals surface area contributed by atoms with E-state index >= 15 is 0 Å². The molecule has 1 aromatic heterocycles. The lowest BCUT2D eigenvalue weighted by atomic mass is 9.78. The smallest absolute Gasteiger partial charge is 0.230 e. The molecule has 2 aliphatic heterocycles. The molecule has 1 aromatic rings. The summed E-state index contributed by atoms with van der Waals surface area (Å²) in [7, 11) is 2.16. The third-order valence-electron chi connectivity index (χ3n) is 9.03. The number of aromatic nitrogens is 3. The Morgan fingerprint density at radius 1 is 0.667 bits per heavy atom. The van der Waals surface area contributed by atoms with E-state index in [-0.39, 0.29) is 28.2 Å². The molecule has 0 atom stereocenters. The summed E-state index contributed by atoms with van der Waals surface area (Å²) in [4.78, 5) is 32.4. The lowest BCUT2D eigenvalue weighted by Crippen LogP contribution is -2.64. The van der Waals surface area contributed by atoms with Crippen molar-refractivity contribution >= 4 is 11.9 Å². The molecule has 0 radical (unpaired) electrons. The van der Waals surface area contributed by atoms with Crippen molar-refractivity contribution in [3.05, 3.63) is 5.82 Å². The highest BCUT2D eigenvalue weighted by Crippen LogP contribution is 2.43. The molecular weight excluding hydrogens is 526 g/mol. The molecule has 3 rings (SSSR count). The summed E-state index contributed by atoms with van der Waals surface area (Å²) < 4.78 is 0. The Kier molecular flexibility index (Phi) is 11.3. The Labute approximate surface area is 257 Å². The lowest BCUT2D eigenvalue weighted by molar-refractivity contribution is -0.282. The molecule has 3 heterocycles. The van der Waals surface area contributed by atoms with Gasteiger partial charge in [0, 0.05) is 47.8 Å². The van der Waals surface area contributed by atoms with Crippen LogP contribution in [0.25, 0.3) is 0 Å². The molecule has 42 heavy (non-hydrogen) atoms. The molecule has 0 spiro atoms. The van der Waals surface area contributed by atoms with Gasteiger partial charge in [-0.1, -0.05) is 27.2 Å². The minimum atomic E-state index is -0.112. The fourth-order valence-corrected chi connectivity index (χ4v) is 7.66. The van der Waals surface area contributed by atoms with E-state index in [9.17, 15) is 0 Å². The molecule has 0 unspecified atom stereocenters. The Morgan fingerprint density at radius 2 is 1.10 bits per heavy atom. The van der Waals surface area contributed by atoms with E-state index in [4.69, 9.17) is 24.6 Å². The van der Waals surface area contributed by atoms with Crippen LogP contribution in [-0.2, 0) is 9.68 Å². The lowest BCUT2D eigenvalue weighted by Gasteiger charge is -2.55. The van der Waals surface area contributed by atoms with Gasteiger partial charge in [-0.2, -0.15) is 25.1 Å². The predicted molar refractivity (Wildman–Crippen MR) is 174 cm³/mol. The number of hydrogen-bond donors (Lipinski definition) is 0. The maximum Gasteiger partial charge on any atom is 0.230 e. The highest BCUT2D eigenvalue weighted by molar-refractivity contribution is 5.41. The van der Waals surface area contributed by atoms with E-state index in [1.54, 1.807) is 0 Å². The van der Waals surface area contributed by atoms with Crippen LogP contribution in [0, 0.1) is 6.92 Å². The van der Waals surface area contributed by atoms with Crippen LogP contribution in [0.5, 0.6) is 0 Å². The zero-order valence-corrected chi connectivity index (χ0v) is 29.4. The maximum atomic E-state index is 6.33. The van der Waals surface area contributed by atoms with Crippen LogP contribution in [0.2, 0.25) is 0 Å². The molecule has 2 fully saturated rings. The van der Waals surface area contributed by atoms with Crippen LogP contribution in [-0.4, -0.2) is 86.1 Å². The van der Waals surface area contributed by atoms with E-state index in [0.29, 0.717) is 6.04 Å². The Hall–Kier alpha value is -1.55. The molecule has 0 saturated carbocycles. The van der Waals surface area contributed by atoms with E-state index < -0.39 is 0 Å². The van der Waals surface area contributed by atoms with Crippen LogP contribution < -0.4 is 9.80 Å². The van der Waals surface area contributed by atoms with Gasteiger partial charge in [0.05, 0.1) is 13.2 Å². The summed E-state index contributed by atoms with van der Waals surface area (Å²) >= 11 is 0. The molecule has 2 aliphatic rings. The second-order valence-corrected chi connectivity index (χ2v) is 15.3. The first-order valence-corrected chi connectivity index (χ1v) is 16.6. The highest BCUT2D eigenvalue weighted by Gasteiger charge is 2.49. The van der Waals surface area contributed by atoms with Gasteiger partial charge in [-0.25, -0.2) is 0 Å². The quantitative estimate of drug-likeness (QED) is 0.243. The topological polar surface area (TPSA) is 70.1 Å². The molecular formula is C33H63N7O2. The third kappa shape index (κ3) is 7.93. The van der Waals surface area contributed by atoms with Gasteiger partial charge in [0.25, 0.3) is 0 Å². The van der Waals surface area contributed by atoms with Crippen molar-refractivity contribution in [2.24, 2.45) is 0 Å². The molecule has 9 heteroatoms. The summed E-state index contributed by atoms with van der Waals surface area (Å²) in [5, 5.41) is 4.50. The average molecular weight is 590 g/mol. The fourth-order valence-electron chi connectivity index (χ4n) is 7.66. The number of aryl methyl sites for hydroxylation is 1. The maximum absolute atomic E-state index is 6.33. The summed E-state index contributed by atoms with van der Waals surface area (Å²) in [5.41, 5.74) is -0.449. The standard InChI is InChI=1S/C33H63N7O2/c1-14-17-18-38(27-23-32(9,10)40(42-20-16-3)33(11,12)24-27)29-35-25(4)34-28(36-29)37(13)26-21-30(5,6)39(41-19-15-2)31(7,8)22-26/h26-27H,14-24H2,1-13H3. The minimum Gasteiger partial charge on any atom is -0.341 e. The number of rotatable bonds is 13. The molecule has 0 bridgehead atoms. The van der Waals surface area contributed by atoms with Crippen molar-refractivity contribution in [2.45, 2.75) is 169 Å². The number of unbranched alkanes of at least 4 members (excludes halogenated alkanes) is 1. The van der Waals surface area contributed by atoms with Crippen LogP contribution in [0.1, 0.15) is 133 Å². The van der Waals surface area contributed by atoms with Crippen molar-refractivity contribution < 1.29 is 9.68 Å². The van der Waals surface area contributed by atoms with Gasteiger partial charge >= 0.3 is 0 Å². The number of piperidine rings is 2. The van der Waals surface area contributed by atoms with Gasteiger partial charge in [-0.05, 0) is 107 Å². The average Bonchev–Trinajstić information content (AvgIpc) is 2.85. The summed E-state index contributed by atoms with van der Waals surface area (Å²) in [6, 6.07) is 0.590. The van der Waals surface area contributed by atoms with Crippen molar-refractivity contribution in [1.29, 1.82) is 0 Å². The van der Waals surface area contributed by atoms with Gasteiger partial charge in [-0.3, -0.25) is 9.68 Å². The highest BCUT2D eigenvalue weighted by atomic mass is 16.7. The van der Waals surface area contributed by atoms with Gasteiger partial charge in [-0.15, -0.1) is 0 Å². The number of hydrogen-bond acceptors (Lipinski definition) is 9. The van der Waals surface area contributed by atoms with Crippen molar-refractivity contribution in [2.75, 3.05) is 36.6 Å². The number of hydroxylamine groups is 4. The monoisotopic (exact) mass is 590 g/mol. The van der Waals surface area contributed by atoms with Crippen LogP contribution in [0.15, 0.2) is 0 Å². The first-order chi connectivity index (χ1) is 19.5. The van der Waals surface area contributed by atoms with E-state index in [2.05, 4.69) is 103 Å². The van der Waals surface area contributed by atoms with Crippen LogP contribution in [0.4, 0.5) is 11.9 Å². The number of nitrogens with zero attached hydrogens (tertiary/aromatic N) is 7. The third-order valence-corrected chi connectivity index (χ3v) is 9.03. The van der Waals surface area contributed by atoms with Gasteiger partial charge in [0.2, 0.25) is 11.9 Å². The molecule has 0 aromatic carbocycles. The first-order valence-electron chi connectivity index (χ1n) is 16.6. The van der Waals surface area contributed by atoms with Gasteiger partial charge in [0.1, 0.15) is 5.82 Å². The molecule has 9 nitrogen and oxygen atoms in total. The Bertz CT molecular complexity index is 976.